The van der Waals surface area contributed by atoms with E-state index in [0.717, 1.165) is 39.2 Å². The molecule has 0 atom stereocenters. The second kappa shape index (κ2) is 20.0. The van der Waals surface area contributed by atoms with Crippen molar-refractivity contribution < 1.29 is 4.74 Å². The standard InChI is InChI=1S/C35H58N2O/c1-6-11-16-17-30-38-35(31-18-22-33(23-19-31)36(26-12-7-2)27-13-8-3)32-20-24-34(25-21-32)37(28-14-9-4)29-15-10-5/h18-25,35H,6-17,26-30H2,1-5H3. The van der Waals surface area contributed by atoms with Crippen LogP contribution in [0.5, 0.6) is 0 Å². The zero-order chi connectivity index (χ0) is 27.4. The fraction of sp³-hybridized carbons (Fsp3) is 0.657. The molecule has 214 valence electrons. The van der Waals surface area contributed by atoms with Crippen molar-refractivity contribution in [3.63, 3.8) is 0 Å². The quantitative estimate of drug-likeness (QED) is 0.143. The average Bonchev–Trinajstić information content (AvgIpc) is 2.96. The molecule has 0 saturated heterocycles. The average molecular weight is 523 g/mol. The van der Waals surface area contributed by atoms with Gasteiger partial charge in [-0.2, -0.15) is 0 Å². The van der Waals surface area contributed by atoms with Gasteiger partial charge < -0.3 is 14.5 Å². The minimum atomic E-state index is -0.0146. The number of hydrogen-bond acceptors (Lipinski definition) is 3. The lowest BCUT2D eigenvalue weighted by Crippen LogP contribution is -2.25. The van der Waals surface area contributed by atoms with Crippen LogP contribution in [0.1, 0.15) is 129 Å². The smallest absolute Gasteiger partial charge is 0.108 e. The molecule has 3 heteroatoms. The van der Waals surface area contributed by atoms with Crippen LogP contribution >= 0.6 is 0 Å². The highest BCUT2D eigenvalue weighted by molar-refractivity contribution is 5.51. The summed E-state index contributed by atoms with van der Waals surface area (Å²) in [6.07, 6.45) is 14.8. The Bertz CT molecular complexity index is 737. The second-order valence-corrected chi connectivity index (χ2v) is 10.9. The number of anilines is 2. The van der Waals surface area contributed by atoms with Crippen molar-refractivity contribution in [2.75, 3.05) is 42.6 Å². The lowest BCUT2D eigenvalue weighted by Gasteiger charge is -2.27. The van der Waals surface area contributed by atoms with Crippen molar-refractivity contribution in [3.05, 3.63) is 59.7 Å². The van der Waals surface area contributed by atoms with E-state index in [1.54, 1.807) is 0 Å². The summed E-state index contributed by atoms with van der Waals surface area (Å²) in [5.74, 6) is 0. The molecule has 0 aliphatic rings. The summed E-state index contributed by atoms with van der Waals surface area (Å²) in [7, 11) is 0. The molecule has 2 aromatic carbocycles. The molecule has 0 amide bonds. The van der Waals surface area contributed by atoms with Gasteiger partial charge in [-0.1, -0.05) is 104 Å². The van der Waals surface area contributed by atoms with E-state index in [4.69, 9.17) is 4.74 Å². The lowest BCUT2D eigenvalue weighted by molar-refractivity contribution is 0.0769. The van der Waals surface area contributed by atoms with Crippen molar-refractivity contribution in [2.45, 2.75) is 118 Å². The number of ether oxygens (including phenoxy) is 1. The first kappa shape index (κ1) is 32.2. The van der Waals surface area contributed by atoms with Gasteiger partial charge in [0.2, 0.25) is 0 Å². The van der Waals surface area contributed by atoms with Gasteiger partial charge in [0.05, 0.1) is 0 Å². The zero-order valence-electron chi connectivity index (χ0n) is 25.5. The van der Waals surface area contributed by atoms with Gasteiger partial charge in [-0.15, -0.1) is 0 Å². The first-order chi connectivity index (χ1) is 18.7. The summed E-state index contributed by atoms with van der Waals surface area (Å²) in [5, 5.41) is 0. The summed E-state index contributed by atoms with van der Waals surface area (Å²) in [6, 6.07) is 18.5. The van der Waals surface area contributed by atoms with Crippen molar-refractivity contribution in [1.29, 1.82) is 0 Å². The highest BCUT2D eigenvalue weighted by Gasteiger charge is 2.17. The molecular formula is C35H58N2O. The molecule has 2 rings (SSSR count). The molecule has 0 aromatic heterocycles. The number of benzene rings is 2. The van der Waals surface area contributed by atoms with Crippen LogP contribution in [0.15, 0.2) is 48.5 Å². The minimum absolute atomic E-state index is 0.0146. The van der Waals surface area contributed by atoms with Gasteiger partial charge in [-0.05, 0) is 67.5 Å². The predicted molar refractivity (Wildman–Crippen MR) is 169 cm³/mol. The third-order valence-electron chi connectivity index (χ3n) is 7.53. The van der Waals surface area contributed by atoms with Crippen LogP contribution in [0.4, 0.5) is 11.4 Å². The maximum Gasteiger partial charge on any atom is 0.108 e. The molecule has 0 saturated carbocycles. The van der Waals surface area contributed by atoms with E-state index in [-0.39, 0.29) is 6.10 Å². The van der Waals surface area contributed by atoms with E-state index in [9.17, 15) is 0 Å². The molecule has 0 aliphatic heterocycles. The van der Waals surface area contributed by atoms with E-state index in [0.29, 0.717) is 0 Å². The van der Waals surface area contributed by atoms with E-state index < -0.39 is 0 Å². The van der Waals surface area contributed by atoms with E-state index in [1.165, 1.54) is 93.1 Å². The Labute approximate surface area is 236 Å². The second-order valence-electron chi connectivity index (χ2n) is 10.9. The van der Waals surface area contributed by atoms with Crippen molar-refractivity contribution in [3.8, 4) is 0 Å². The number of nitrogens with zero attached hydrogens (tertiary/aromatic N) is 2. The maximum absolute atomic E-state index is 6.59. The van der Waals surface area contributed by atoms with Gasteiger partial charge >= 0.3 is 0 Å². The largest absolute Gasteiger partial charge is 0.372 e. The maximum atomic E-state index is 6.59. The SMILES string of the molecule is CCCCCCOC(c1ccc(N(CCCC)CCCC)cc1)c1ccc(N(CCCC)CCCC)cc1. The molecule has 0 heterocycles. The summed E-state index contributed by atoms with van der Waals surface area (Å²) >= 11 is 0. The van der Waals surface area contributed by atoms with Crippen molar-refractivity contribution in [2.24, 2.45) is 0 Å². The third-order valence-corrected chi connectivity index (χ3v) is 7.53. The zero-order valence-corrected chi connectivity index (χ0v) is 25.5. The number of rotatable bonds is 22. The normalized spacial score (nSPS) is 11.3. The highest BCUT2D eigenvalue weighted by Crippen LogP contribution is 2.30. The van der Waals surface area contributed by atoms with Gasteiger partial charge in [0.25, 0.3) is 0 Å². The van der Waals surface area contributed by atoms with Crippen LogP contribution < -0.4 is 9.80 Å². The summed E-state index contributed by atoms with van der Waals surface area (Å²) in [4.78, 5) is 5.13. The molecular weight excluding hydrogens is 464 g/mol. The van der Waals surface area contributed by atoms with Crippen molar-refractivity contribution >= 4 is 11.4 Å². The first-order valence-corrected chi connectivity index (χ1v) is 16.0. The molecule has 3 nitrogen and oxygen atoms in total. The van der Waals surface area contributed by atoms with Gasteiger partial charge in [-0.25, -0.2) is 0 Å². The predicted octanol–water partition coefficient (Wildman–Crippen LogP) is 10.2. The van der Waals surface area contributed by atoms with Gasteiger partial charge in [-0.3, -0.25) is 0 Å². The van der Waals surface area contributed by atoms with E-state index in [2.05, 4.69) is 92.9 Å². The van der Waals surface area contributed by atoms with Crippen LogP contribution in [0.3, 0.4) is 0 Å². The van der Waals surface area contributed by atoms with Crippen molar-refractivity contribution in [1.82, 2.24) is 0 Å². The lowest BCUT2D eigenvalue weighted by atomic mass is 10.00. The Balaban J connectivity index is 2.24. The monoisotopic (exact) mass is 522 g/mol. The number of hydrogen-bond donors (Lipinski definition) is 0. The highest BCUT2D eigenvalue weighted by atomic mass is 16.5. The third kappa shape index (κ3) is 11.4. The Morgan fingerprint density at radius 2 is 0.842 bits per heavy atom. The van der Waals surface area contributed by atoms with E-state index >= 15 is 0 Å². The Hall–Kier alpha value is -2.00. The molecule has 0 spiro atoms. The number of unbranched alkanes of at least 4 members (excludes halogenated alkanes) is 7. The molecule has 0 bridgehead atoms. The first-order valence-electron chi connectivity index (χ1n) is 16.0. The Kier molecular flexibility index (Phi) is 16.9. The van der Waals surface area contributed by atoms with Gasteiger partial charge in [0, 0.05) is 44.2 Å². The summed E-state index contributed by atoms with van der Waals surface area (Å²) in [6.45, 7) is 16.8. The fourth-order valence-corrected chi connectivity index (χ4v) is 4.97. The Morgan fingerprint density at radius 1 is 0.474 bits per heavy atom. The van der Waals surface area contributed by atoms with Gasteiger partial charge in [0.15, 0.2) is 0 Å². The Morgan fingerprint density at radius 3 is 1.18 bits per heavy atom. The van der Waals surface area contributed by atoms with Crippen LogP contribution in [-0.2, 0) is 4.74 Å². The molecule has 0 unspecified atom stereocenters. The van der Waals surface area contributed by atoms with Crippen LogP contribution in [0.25, 0.3) is 0 Å². The molecule has 2 aromatic rings. The summed E-state index contributed by atoms with van der Waals surface area (Å²) in [5.41, 5.74) is 5.21. The molecule has 0 fully saturated rings. The van der Waals surface area contributed by atoms with Crippen LogP contribution in [0, 0.1) is 0 Å². The molecule has 38 heavy (non-hydrogen) atoms. The molecule has 0 N–H and O–H groups in total. The van der Waals surface area contributed by atoms with Crippen LogP contribution in [-0.4, -0.2) is 32.8 Å². The van der Waals surface area contributed by atoms with E-state index in [1.807, 2.05) is 0 Å². The molecule has 0 aliphatic carbocycles. The summed E-state index contributed by atoms with van der Waals surface area (Å²) < 4.78 is 6.59. The molecule has 0 radical (unpaired) electrons. The topological polar surface area (TPSA) is 15.7 Å². The van der Waals surface area contributed by atoms with Crippen LogP contribution in [0.2, 0.25) is 0 Å². The fourth-order valence-electron chi connectivity index (χ4n) is 4.97. The minimum Gasteiger partial charge on any atom is -0.372 e. The van der Waals surface area contributed by atoms with Gasteiger partial charge in [0.1, 0.15) is 6.10 Å².